The minimum absolute atomic E-state index is 0.176. The number of hydrogen-bond acceptors (Lipinski definition) is 4. The third kappa shape index (κ3) is 3.82. The topological polar surface area (TPSA) is 92.4 Å². The second-order valence-electron chi connectivity index (χ2n) is 5.98. The largest absolute Gasteiger partial charge is 0.481 e. The van der Waals surface area contributed by atoms with Crippen molar-refractivity contribution in [3.63, 3.8) is 0 Å². The van der Waals surface area contributed by atoms with E-state index in [-0.39, 0.29) is 12.3 Å². The molecule has 0 unspecified atom stereocenters. The van der Waals surface area contributed by atoms with Gasteiger partial charge in [-0.1, -0.05) is 29.4 Å². The first-order valence-corrected chi connectivity index (χ1v) is 7.81. The second kappa shape index (κ2) is 7.29. The molecule has 1 heterocycles. The van der Waals surface area contributed by atoms with Crippen molar-refractivity contribution >= 4 is 11.9 Å². The number of carbonyl (C=O) groups excluding carboxylic acids is 1. The number of hydrogen-bond donors (Lipinski definition) is 2. The first-order chi connectivity index (χ1) is 11.3. The number of carbonyl (C=O) groups is 2. The van der Waals surface area contributed by atoms with Gasteiger partial charge in [-0.25, -0.2) is 0 Å². The van der Waals surface area contributed by atoms with E-state index in [4.69, 9.17) is 4.52 Å². The second-order valence-corrected chi connectivity index (χ2v) is 5.98. The number of carboxylic acids is 1. The molecule has 0 bridgehead atoms. The fraction of sp³-hybridized carbons (Fsp3) is 0.389. The smallest absolute Gasteiger partial charge is 0.305 e. The molecule has 2 aromatic rings. The van der Waals surface area contributed by atoms with E-state index in [1.807, 2.05) is 31.2 Å². The minimum Gasteiger partial charge on any atom is -0.481 e. The third-order valence-corrected chi connectivity index (χ3v) is 4.17. The van der Waals surface area contributed by atoms with Crippen LogP contribution in [0.1, 0.15) is 53.4 Å². The Bertz CT molecular complexity index is 732. The Morgan fingerprint density at radius 1 is 1.25 bits per heavy atom. The van der Waals surface area contributed by atoms with E-state index in [9.17, 15) is 14.7 Å². The van der Waals surface area contributed by atoms with Gasteiger partial charge < -0.3 is 14.9 Å². The number of nitrogens with one attached hydrogen (secondary N) is 1. The molecule has 6 nitrogen and oxygen atoms in total. The lowest BCUT2D eigenvalue weighted by Crippen LogP contribution is -2.34. The molecule has 0 aliphatic rings. The van der Waals surface area contributed by atoms with Gasteiger partial charge in [0.2, 0.25) is 5.91 Å². The Labute approximate surface area is 140 Å². The fourth-order valence-electron chi connectivity index (χ4n) is 2.93. The highest BCUT2D eigenvalue weighted by Crippen LogP contribution is 2.26. The van der Waals surface area contributed by atoms with Crippen LogP contribution >= 0.6 is 0 Å². The van der Waals surface area contributed by atoms with E-state index in [1.54, 1.807) is 20.8 Å². The van der Waals surface area contributed by atoms with Crippen LogP contribution in [0.25, 0.3) is 0 Å². The molecule has 0 saturated carbocycles. The Hall–Kier alpha value is -2.63. The Balaban J connectivity index is 2.25. The number of benzene rings is 1. The molecule has 6 heteroatoms. The highest BCUT2D eigenvalue weighted by atomic mass is 16.5. The molecule has 2 N–H and O–H groups in total. The van der Waals surface area contributed by atoms with Crippen LogP contribution in [0.15, 0.2) is 28.8 Å². The van der Waals surface area contributed by atoms with Crippen LogP contribution in [0.3, 0.4) is 0 Å². The Morgan fingerprint density at radius 3 is 2.46 bits per heavy atom. The lowest BCUT2D eigenvalue weighted by molar-refractivity contribution is -0.137. The summed E-state index contributed by atoms with van der Waals surface area (Å²) in [5, 5.41) is 15.9. The van der Waals surface area contributed by atoms with E-state index in [1.165, 1.54) is 0 Å². The van der Waals surface area contributed by atoms with Crippen molar-refractivity contribution in [2.24, 2.45) is 0 Å². The third-order valence-electron chi connectivity index (χ3n) is 4.17. The van der Waals surface area contributed by atoms with Crippen LogP contribution in [0.4, 0.5) is 0 Å². The van der Waals surface area contributed by atoms with Crippen LogP contribution in [0, 0.1) is 20.8 Å². The van der Waals surface area contributed by atoms with E-state index in [0.717, 1.165) is 16.7 Å². The SMILES string of the molecule is Cc1ccccc1[C@@H](CC(=O)O)NC(=O)[C@H](C)c1c(C)noc1C. The summed E-state index contributed by atoms with van der Waals surface area (Å²) in [4.78, 5) is 23.9. The zero-order chi connectivity index (χ0) is 17.9. The van der Waals surface area contributed by atoms with Gasteiger partial charge in [0, 0.05) is 5.56 Å². The predicted octanol–water partition coefficient (Wildman–Crippen LogP) is 3.04. The zero-order valence-corrected chi connectivity index (χ0v) is 14.3. The highest BCUT2D eigenvalue weighted by Gasteiger charge is 2.26. The van der Waals surface area contributed by atoms with Gasteiger partial charge in [-0.15, -0.1) is 0 Å². The van der Waals surface area contributed by atoms with Gasteiger partial charge >= 0.3 is 5.97 Å². The number of nitrogens with zero attached hydrogens (tertiary/aromatic N) is 1. The van der Waals surface area contributed by atoms with E-state index < -0.39 is 17.9 Å². The molecule has 2 rings (SSSR count). The molecule has 0 spiro atoms. The summed E-state index contributed by atoms with van der Waals surface area (Å²) in [6, 6.07) is 6.86. The molecule has 1 aromatic carbocycles. The number of carboxylic acid groups (broad SMARTS) is 1. The zero-order valence-electron chi connectivity index (χ0n) is 14.3. The number of aryl methyl sites for hydroxylation is 3. The Morgan fingerprint density at radius 2 is 1.92 bits per heavy atom. The highest BCUT2D eigenvalue weighted by molar-refractivity contribution is 5.84. The van der Waals surface area contributed by atoms with Crippen LogP contribution in [-0.4, -0.2) is 22.1 Å². The molecule has 0 aliphatic carbocycles. The molecule has 2 atom stereocenters. The maximum Gasteiger partial charge on any atom is 0.305 e. The number of aliphatic carboxylic acids is 1. The van der Waals surface area contributed by atoms with Gasteiger partial charge in [0.1, 0.15) is 5.76 Å². The van der Waals surface area contributed by atoms with Crippen molar-refractivity contribution in [2.75, 3.05) is 0 Å². The summed E-state index contributed by atoms with van der Waals surface area (Å²) in [7, 11) is 0. The van der Waals surface area contributed by atoms with Gasteiger partial charge in [0.15, 0.2) is 0 Å². The monoisotopic (exact) mass is 330 g/mol. The molecule has 1 amide bonds. The summed E-state index contributed by atoms with van der Waals surface area (Å²) in [5.41, 5.74) is 3.15. The number of aromatic nitrogens is 1. The van der Waals surface area contributed by atoms with Crippen LogP contribution in [0.2, 0.25) is 0 Å². The standard InChI is InChI=1S/C18H22N2O4/c1-10-7-5-6-8-14(10)15(9-16(21)22)19-18(23)11(2)17-12(3)20-24-13(17)4/h5-8,11,15H,9H2,1-4H3,(H,19,23)(H,21,22)/t11-,15-/m1/s1. The molecule has 1 aromatic heterocycles. The van der Waals surface area contributed by atoms with Crippen molar-refractivity contribution < 1.29 is 19.2 Å². The molecule has 0 radical (unpaired) electrons. The van der Waals surface area contributed by atoms with E-state index >= 15 is 0 Å². The lowest BCUT2D eigenvalue weighted by atomic mass is 9.95. The molecule has 0 saturated heterocycles. The van der Waals surface area contributed by atoms with Gasteiger partial charge in [0.05, 0.1) is 24.1 Å². The molecular weight excluding hydrogens is 308 g/mol. The predicted molar refractivity (Wildman–Crippen MR) is 88.7 cm³/mol. The molecule has 128 valence electrons. The van der Waals surface area contributed by atoms with Crippen molar-refractivity contribution in [1.29, 1.82) is 0 Å². The van der Waals surface area contributed by atoms with E-state index in [2.05, 4.69) is 10.5 Å². The summed E-state index contributed by atoms with van der Waals surface area (Å²) in [6.45, 7) is 7.20. The molecule has 0 aliphatic heterocycles. The van der Waals surface area contributed by atoms with E-state index in [0.29, 0.717) is 11.5 Å². The van der Waals surface area contributed by atoms with Crippen molar-refractivity contribution in [1.82, 2.24) is 10.5 Å². The van der Waals surface area contributed by atoms with Gasteiger partial charge in [-0.2, -0.15) is 0 Å². The normalized spacial score (nSPS) is 13.3. The van der Waals surface area contributed by atoms with Crippen LogP contribution in [-0.2, 0) is 9.59 Å². The summed E-state index contributed by atoms with van der Waals surface area (Å²) >= 11 is 0. The quantitative estimate of drug-likeness (QED) is 0.849. The molecular formula is C18H22N2O4. The van der Waals surface area contributed by atoms with Gasteiger partial charge in [-0.3, -0.25) is 9.59 Å². The number of amides is 1. The molecule has 0 fully saturated rings. The molecule has 24 heavy (non-hydrogen) atoms. The minimum atomic E-state index is -0.964. The van der Waals surface area contributed by atoms with Crippen molar-refractivity contribution in [2.45, 2.75) is 46.1 Å². The summed E-state index contributed by atoms with van der Waals surface area (Å²) in [5.74, 6) is -1.09. The van der Waals surface area contributed by atoms with Gasteiger partial charge in [0.25, 0.3) is 0 Å². The maximum atomic E-state index is 12.6. The Kier molecular flexibility index (Phi) is 5.39. The summed E-state index contributed by atoms with van der Waals surface area (Å²) < 4.78 is 5.12. The first-order valence-electron chi connectivity index (χ1n) is 7.81. The van der Waals surface area contributed by atoms with Gasteiger partial charge in [-0.05, 0) is 38.8 Å². The van der Waals surface area contributed by atoms with Crippen LogP contribution in [0.5, 0.6) is 0 Å². The lowest BCUT2D eigenvalue weighted by Gasteiger charge is -2.21. The fourth-order valence-corrected chi connectivity index (χ4v) is 2.93. The summed E-state index contributed by atoms with van der Waals surface area (Å²) in [6.07, 6.45) is -0.176. The number of rotatable bonds is 6. The maximum absolute atomic E-state index is 12.6. The first kappa shape index (κ1) is 17.7. The van der Waals surface area contributed by atoms with Crippen molar-refractivity contribution in [3.8, 4) is 0 Å². The van der Waals surface area contributed by atoms with Crippen molar-refractivity contribution in [3.05, 3.63) is 52.4 Å². The average Bonchev–Trinajstić information content (AvgIpc) is 2.85. The van der Waals surface area contributed by atoms with Crippen LogP contribution < -0.4 is 5.32 Å². The average molecular weight is 330 g/mol.